The Kier molecular flexibility index (Phi) is 4.28. The third-order valence-corrected chi connectivity index (χ3v) is 4.91. The van der Waals surface area contributed by atoms with E-state index < -0.39 is 0 Å². The van der Waals surface area contributed by atoms with E-state index in [0.717, 1.165) is 25.1 Å². The van der Waals surface area contributed by atoms with E-state index in [9.17, 15) is 4.79 Å². The number of carbonyl (C=O) groups excluding carboxylic acids is 1. The molecule has 4 rings (SSSR count). The van der Waals surface area contributed by atoms with Crippen molar-refractivity contribution in [3.05, 3.63) is 48.1 Å². The highest BCUT2D eigenvalue weighted by Gasteiger charge is 2.27. The van der Waals surface area contributed by atoms with E-state index in [1.54, 1.807) is 29.4 Å². The van der Waals surface area contributed by atoms with Crippen molar-refractivity contribution in [2.45, 2.75) is 39.2 Å². The molecule has 0 radical (unpaired) electrons. The molecular weight excluding hydrogens is 330 g/mol. The van der Waals surface area contributed by atoms with E-state index in [1.807, 2.05) is 24.0 Å². The number of furan rings is 1. The van der Waals surface area contributed by atoms with Gasteiger partial charge in [-0.05, 0) is 51.3 Å². The van der Waals surface area contributed by atoms with Crippen LogP contribution in [-0.4, -0.2) is 43.1 Å². The van der Waals surface area contributed by atoms with Gasteiger partial charge < -0.3 is 9.32 Å². The van der Waals surface area contributed by atoms with Gasteiger partial charge in [0.05, 0.1) is 23.7 Å². The maximum atomic E-state index is 12.9. The first-order valence-corrected chi connectivity index (χ1v) is 8.88. The van der Waals surface area contributed by atoms with Crippen LogP contribution >= 0.6 is 0 Å². The van der Waals surface area contributed by atoms with E-state index in [2.05, 4.69) is 22.0 Å². The summed E-state index contributed by atoms with van der Waals surface area (Å²) in [5, 5.41) is 4.36. The SMILES string of the molecule is Cc1c(C(=O)N2CCCC[C@H]2C)cnn1-c1nccc(-c2ccco2)n1. The normalized spacial score (nSPS) is 17.5. The molecule has 1 aliphatic rings. The average Bonchev–Trinajstić information content (AvgIpc) is 3.32. The summed E-state index contributed by atoms with van der Waals surface area (Å²) in [5.41, 5.74) is 2.02. The Balaban J connectivity index is 1.65. The van der Waals surface area contributed by atoms with Crippen LogP contribution in [-0.2, 0) is 0 Å². The van der Waals surface area contributed by atoms with Crippen LogP contribution in [0.1, 0.15) is 42.2 Å². The molecule has 134 valence electrons. The molecule has 0 unspecified atom stereocenters. The molecule has 4 heterocycles. The predicted molar refractivity (Wildman–Crippen MR) is 95.9 cm³/mol. The monoisotopic (exact) mass is 351 g/mol. The number of amides is 1. The Bertz CT molecular complexity index is 916. The van der Waals surface area contributed by atoms with Crippen LogP contribution in [0.15, 0.2) is 41.3 Å². The van der Waals surface area contributed by atoms with E-state index in [-0.39, 0.29) is 11.9 Å². The van der Waals surface area contributed by atoms with Gasteiger partial charge in [-0.3, -0.25) is 4.79 Å². The third-order valence-electron chi connectivity index (χ3n) is 4.91. The molecule has 3 aromatic heterocycles. The van der Waals surface area contributed by atoms with Gasteiger partial charge in [0.25, 0.3) is 11.9 Å². The lowest BCUT2D eigenvalue weighted by Gasteiger charge is -2.33. The van der Waals surface area contributed by atoms with Gasteiger partial charge in [0.15, 0.2) is 5.76 Å². The first-order chi connectivity index (χ1) is 12.6. The van der Waals surface area contributed by atoms with E-state index >= 15 is 0 Å². The Morgan fingerprint density at radius 1 is 1.31 bits per heavy atom. The fraction of sp³-hybridized carbons (Fsp3) is 0.368. The quantitative estimate of drug-likeness (QED) is 0.724. The first-order valence-electron chi connectivity index (χ1n) is 8.88. The second kappa shape index (κ2) is 6.74. The van der Waals surface area contributed by atoms with Crippen LogP contribution in [0.4, 0.5) is 0 Å². The van der Waals surface area contributed by atoms with Crippen LogP contribution in [0.5, 0.6) is 0 Å². The van der Waals surface area contributed by atoms with Crippen molar-refractivity contribution in [2.24, 2.45) is 0 Å². The molecule has 3 aromatic rings. The van der Waals surface area contributed by atoms with Crippen molar-refractivity contribution in [1.29, 1.82) is 0 Å². The van der Waals surface area contributed by atoms with E-state index in [1.165, 1.54) is 6.42 Å². The summed E-state index contributed by atoms with van der Waals surface area (Å²) in [6.45, 7) is 4.78. The summed E-state index contributed by atoms with van der Waals surface area (Å²) in [6.07, 6.45) is 8.16. The Morgan fingerprint density at radius 3 is 2.96 bits per heavy atom. The van der Waals surface area contributed by atoms with Gasteiger partial charge in [0.1, 0.15) is 5.69 Å². The highest BCUT2D eigenvalue weighted by molar-refractivity contribution is 5.95. The zero-order valence-corrected chi connectivity index (χ0v) is 14.9. The topological polar surface area (TPSA) is 77.0 Å². The third kappa shape index (κ3) is 2.89. The second-order valence-corrected chi connectivity index (χ2v) is 6.62. The molecule has 1 fully saturated rings. The number of piperidine rings is 1. The molecule has 7 nitrogen and oxygen atoms in total. The fourth-order valence-corrected chi connectivity index (χ4v) is 3.39. The van der Waals surface area contributed by atoms with E-state index in [4.69, 9.17) is 4.42 Å². The Hall–Kier alpha value is -2.96. The first kappa shape index (κ1) is 16.5. The molecule has 1 amide bonds. The summed E-state index contributed by atoms with van der Waals surface area (Å²) < 4.78 is 7.00. The molecule has 1 aliphatic heterocycles. The maximum Gasteiger partial charge on any atom is 0.257 e. The zero-order valence-electron chi connectivity index (χ0n) is 14.9. The number of rotatable bonds is 3. The molecule has 1 atom stereocenters. The molecule has 0 bridgehead atoms. The smallest absolute Gasteiger partial charge is 0.257 e. The minimum Gasteiger partial charge on any atom is -0.463 e. The summed E-state index contributed by atoms with van der Waals surface area (Å²) in [6, 6.07) is 5.70. The Labute approximate surface area is 151 Å². The molecule has 0 aromatic carbocycles. The summed E-state index contributed by atoms with van der Waals surface area (Å²) >= 11 is 0. The number of nitrogens with zero attached hydrogens (tertiary/aromatic N) is 5. The zero-order chi connectivity index (χ0) is 18.1. The predicted octanol–water partition coefficient (Wildman–Crippen LogP) is 3.25. The number of aromatic nitrogens is 4. The summed E-state index contributed by atoms with van der Waals surface area (Å²) in [7, 11) is 0. The second-order valence-electron chi connectivity index (χ2n) is 6.62. The maximum absolute atomic E-state index is 12.9. The van der Waals surface area contributed by atoms with Crippen molar-refractivity contribution < 1.29 is 9.21 Å². The molecule has 0 saturated carbocycles. The highest BCUT2D eigenvalue weighted by atomic mass is 16.3. The molecule has 0 spiro atoms. The van der Waals surface area contributed by atoms with Gasteiger partial charge in [-0.25, -0.2) is 14.6 Å². The minimum absolute atomic E-state index is 0.0307. The summed E-state index contributed by atoms with van der Waals surface area (Å²) in [5.74, 6) is 1.11. The van der Waals surface area contributed by atoms with Crippen molar-refractivity contribution in [3.8, 4) is 17.4 Å². The van der Waals surface area contributed by atoms with Crippen molar-refractivity contribution in [3.63, 3.8) is 0 Å². The fourth-order valence-electron chi connectivity index (χ4n) is 3.39. The van der Waals surface area contributed by atoms with Crippen molar-refractivity contribution in [1.82, 2.24) is 24.6 Å². The van der Waals surface area contributed by atoms with Gasteiger partial charge in [-0.15, -0.1) is 0 Å². The highest BCUT2D eigenvalue weighted by Crippen LogP contribution is 2.22. The van der Waals surface area contributed by atoms with Gasteiger partial charge in [-0.1, -0.05) is 0 Å². The molecule has 7 heteroatoms. The van der Waals surface area contributed by atoms with Crippen LogP contribution in [0.25, 0.3) is 17.4 Å². The van der Waals surface area contributed by atoms with Crippen LogP contribution < -0.4 is 0 Å². The number of carbonyl (C=O) groups is 1. The number of hydrogen-bond donors (Lipinski definition) is 0. The van der Waals surface area contributed by atoms with Crippen LogP contribution in [0.2, 0.25) is 0 Å². The minimum atomic E-state index is 0.0307. The average molecular weight is 351 g/mol. The molecule has 0 N–H and O–H groups in total. The van der Waals surface area contributed by atoms with Gasteiger partial charge in [0.2, 0.25) is 0 Å². The lowest BCUT2D eigenvalue weighted by molar-refractivity contribution is 0.0635. The van der Waals surface area contributed by atoms with Crippen LogP contribution in [0, 0.1) is 6.92 Å². The molecule has 0 aliphatic carbocycles. The summed E-state index contributed by atoms with van der Waals surface area (Å²) in [4.78, 5) is 23.7. The Morgan fingerprint density at radius 2 is 2.19 bits per heavy atom. The van der Waals surface area contributed by atoms with Crippen molar-refractivity contribution >= 4 is 5.91 Å². The molecular formula is C19H21N5O2. The standard InChI is InChI=1S/C19H21N5O2/c1-13-6-3-4-10-23(13)18(25)15-12-21-24(14(15)2)19-20-9-8-16(22-19)17-7-5-11-26-17/h5,7-9,11-13H,3-4,6,10H2,1-2H3/t13-/m1/s1. The lowest BCUT2D eigenvalue weighted by Crippen LogP contribution is -2.42. The lowest BCUT2D eigenvalue weighted by atomic mass is 10.0. The number of likely N-dealkylation sites (tertiary alicyclic amines) is 1. The van der Waals surface area contributed by atoms with Crippen LogP contribution in [0.3, 0.4) is 0 Å². The van der Waals surface area contributed by atoms with Gasteiger partial charge >= 0.3 is 0 Å². The van der Waals surface area contributed by atoms with Gasteiger partial charge in [0, 0.05) is 18.8 Å². The molecule has 1 saturated heterocycles. The van der Waals surface area contributed by atoms with Crippen molar-refractivity contribution in [2.75, 3.05) is 6.54 Å². The number of hydrogen-bond acceptors (Lipinski definition) is 5. The largest absolute Gasteiger partial charge is 0.463 e. The molecule has 26 heavy (non-hydrogen) atoms. The van der Waals surface area contributed by atoms with Gasteiger partial charge in [-0.2, -0.15) is 5.10 Å². The van der Waals surface area contributed by atoms with E-state index in [0.29, 0.717) is 23.0 Å².